The first-order chi connectivity index (χ1) is 13.2. The first-order valence-corrected chi connectivity index (χ1v) is 8.41. The van der Waals surface area contributed by atoms with Crippen molar-refractivity contribution in [1.29, 1.82) is 0 Å². The van der Waals surface area contributed by atoms with Gasteiger partial charge in [0.25, 0.3) is 0 Å². The zero-order valence-electron chi connectivity index (χ0n) is 14.9. The molecular formula is C20H18FN5O. The Hall–Kier alpha value is -3.61. The van der Waals surface area contributed by atoms with Crippen LogP contribution in [0.25, 0.3) is 16.7 Å². The molecule has 0 spiro atoms. The molecule has 0 bridgehead atoms. The molecule has 27 heavy (non-hydrogen) atoms. The third-order valence-electron chi connectivity index (χ3n) is 4.17. The van der Waals surface area contributed by atoms with Crippen LogP contribution in [0.1, 0.15) is 0 Å². The Bertz CT molecular complexity index is 1110. The van der Waals surface area contributed by atoms with Crippen molar-refractivity contribution in [3.63, 3.8) is 0 Å². The highest BCUT2D eigenvalue weighted by molar-refractivity contribution is 5.83. The van der Waals surface area contributed by atoms with E-state index in [2.05, 4.69) is 20.6 Å². The summed E-state index contributed by atoms with van der Waals surface area (Å²) in [7, 11) is 3.40. The Labute approximate surface area is 155 Å². The molecule has 136 valence electrons. The molecule has 2 aromatic carbocycles. The quantitative estimate of drug-likeness (QED) is 0.552. The second-order valence-corrected chi connectivity index (χ2v) is 5.92. The van der Waals surface area contributed by atoms with Crippen LogP contribution in [0.4, 0.5) is 21.8 Å². The van der Waals surface area contributed by atoms with E-state index in [4.69, 9.17) is 4.74 Å². The van der Waals surface area contributed by atoms with Gasteiger partial charge in [-0.2, -0.15) is 0 Å². The number of methoxy groups -OCH3 is 1. The van der Waals surface area contributed by atoms with Crippen LogP contribution in [0.2, 0.25) is 0 Å². The number of hydrogen-bond donors (Lipinski definition) is 2. The van der Waals surface area contributed by atoms with Crippen LogP contribution >= 0.6 is 0 Å². The molecule has 4 aromatic rings. The van der Waals surface area contributed by atoms with Gasteiger partial charge in [0.1, 0.15) is 22.9 Å². The van der Waals surface area contributed by atoms with Gasteiger partial charge in [0.15, 0.2) is 0 Å². The van der Waals surface area contributed by atoms with Gasteiger partial charge in [-0.05, 0) is 30.3 Å². The molecule has 4 rings (SSSR count). The van der Waals surface area contributed by atoms with E-state index in [1.54, 1.807) is 26.4 Å². The molecule has 0 atom stereocenters. The molecule has 0 unspecified atom stereocenters. The van der Waals surface area contributed by atoms with Crippen LogP contribution in [0.3, 0.4) is 0 Å². The van der Waals surface area contributed by atoms with Gasteiger partial charge in [-0.1, -0.05) is 12.1 Å². The molecule has 0 saturated carbocycles. The maximum Gasteiger partial charge on any atom is 0.208 e. The van der Waals surface area contributed by atoms with Gasteiger partial charge in [0, 0.05) is 24.9 Å². The molecule has 0 aliphatic heterocycles. The van der Waals surface area contributed by atoms with Crippen molar-refractivity contribution in [2.24, 2.45) is 0 Å². The maximum atomic E-state index is 13.7. The van der Waals surface area contributed by atoms with Gasteiger partial charge in [-0.15, -0.1) is 0 Å². The molecule has 2 aromatic heterocycles. The molecule has 2 heterocycles. The summed E-state index contributed by atoms with van der Waals surface area (Å²) in [6, 6.07) is 15.9. The van der Waals surface area contributed by atoms with Gasteiger partial charge in [0.05, 0.1) is 24.5 Å². The second kappa shape index (κ2) is 6.95. The normalized spacial score (nSPS) is 10.8. The molecule has 0 fully saturated rings. The number of nitrogens with one attached hydrogen (secondary N) is 2. The van der Waals surface area contributed by atoms with Crippen molar-refractivity contribution < 1.29 is 9.13 Å². The standard InChI is InChI=1S/C20H18FN5O/c1-22-20-25-17-12-23-19(24-14-6-4-8-16(10-14)27-2)11-18(17)26(20)15-7-3-5-13(21)9-15/h3-12H,1-2H3,(H,22,25)(H,23,24). The average molecular weight is 363 g/mol. The monoisotopic (exact) mass is 363 g/mol. The second-order valence-electron chi connectivity index (χ2n) is 5.92. The molecule has 0 aliphatic carbocycles. The minimum absolute atomic E-state index is 0.305. The van der Waals surface area contributed by atoms with Crippen LogP contribution in [0.15, 0.2) is 60.8 Å². The van der Waals surface area contributed by atoms with E-state index in [-0.39, 0.29) is 5.82 Å². The number of rotatable bonds is 5. The van der Waals surface area contributed by atoms with E-state index in [0.29, 0.717) is 23.0 Å². The Morgan fingerprint density at radius 3 is 2.70 bits per heavy atom. The van der Waals surface area contributed by atoms with Gasteiger partial charge < -0.3 is 15.4 Å². The lowest BCUT2D eigenvalue weighted by Crippen LogP contribution is -2.02. The molecular weight excluding hydrogens is 345 g/mol. The highest BCUT2D eigenvalue weighted by Crippen LogP contribution is 2.27. The number of aromatic nitrogens is 3. The predicted octanol–water partition coefficient (Wildman–Crippen LogP) is 4.35. The van der Waals surface area contributed by atoms with Gasteiger partial charge in [-0.25, -0.2) is 14.4 Å². The Balaban J connectivity index is 1.80. The van der Waals surface area contributed by atoms with E-state index in [9.17, 15) is 4.39 Å². The van der Waals surface area contributed by atoms with Crippen LogP contribution in [-0.2, 0) is 0 Å². The molecule has 0 saturated heterocycles. The zero-order valence-corrected chi connectivity index (χ0v) is 14.9. The third-order valence-corrected chi connectivity index (χ3v) is 4.17. The fourth-order valence-electron chi connectivity index (χ4n) is 2.94. The Kier molecular flexibility index (Phi) is 4.33. The van der Waals surface area contributed by atoms with Gasteiger partial charge >= 0.3 is 0 Å². The van der Waals surface area contributed by atoms with E-state index in [1.807, 2.05) is 41.0 Å². The fourth-order valence-corrected chi connectivity index (χ4v) is 2.94. The third kappa shape index (κ3) is 3.27. The summed E-state index contributed by atoms with van der Waals surface area (Å²) >= 11 is 0. The summed E-state index contributed by atoms with van der Waals surface area (Å²) in [5.74, 6) is 1.70. The predicted molar refractivity (Wildman–Crippen MR) is 105 cm³/mol. The summed E-state index contributed by atoms with van der Waals surface area (Å²) in [5, 5.41) is 6.31. The number of fused-ring (bicyclic) bond motifs is 1. The number of pyridine rings is 1. The lowest BCUT2D eigenvalue weighted by Gasteiger charge is -2.10. The number of ether oxygens (including phenoxy) is 1. The van der Waals surface area contributed by atoms with Gasteiger partial charge in [0.2, 0.25) is 5.95 Å². The summed E-state index contributed by atoms with van der Waals surface area (Å²) in [5.41, 5.74) is 3.05. The largest absolute Gasteiger partial charge is 0.497 e. The number of hydrogen-bond acceptors (Lipinski definition) is 5. The number of nitrogens with zero attached hydrogens (tertiary/aromatic N) is 3. The number of anilines is 3. The molecule has 7 heteroatoms. The number of benzene rings is 2. The number of halogens is 1. The minimum Gasteiger partial charge on any atom is -0.497 e. The van der Waals surface area contributed by atoms with E-state index >= 15 is 0 Å². The van der Waals surface area contributed by atoms with Crippen LogP contribution < -0.4 is 15.4 Å². The van der Waals surface area contributed by atoms with E-state index < -0.39 is 0 Å². The minimum atomic E-state index is -0.305. The van der Waals surface area contributed by atoms with Crippen LogP contribution in [-0.4, -0.2) is 28.7 Å². The van der Waals surface area contributed by atoms with Crippen molar-refractivity contribution >= 4 is 28.5 Å². The first-order valence-electron chi connectivity index (χ1n) is 8.41. The smallest absolute Gasteiger partial charge is 0.208 e. The molecule has 6 nitrogen and oxygen atoms in total. The SMILES string of the molecule is CNc1nc2cnc(Nc3cccc(OC)c3)cc2n1-c1cccc(F)c1. The van der Waals surface area contributed by atoms with Crippen molar-refractivity contribution in [2.75, 3.05) is 24.8 Å². The number of imidazole rings is 1. The zero-order chi connectivity index (χ0) is 18.8. The Morgan fingerprint density at radius 1 is 1.07 bits per heavy atom. The van der Waals surface area contributed by atoms with Crippen molar-refractivity contribution in [2.45, 2.75) is 0 Å². The highest BCUT2D eigenvalue weighted by atomic mass is 19.1. The molecule has 2 N–H and O–H groups in total. The average Bonchev–Trinajstić information content (AvgIpc) is 3.06. The summed E-state index contributed by atoms with van der Waals surface area (Å²) in [6.45, 7) is 0. The summed E-state index contributed by atoms with van der Waals surface area (Å²) in [4.78, 5) is 8.96. The molecule has 0 aliphatic rings. The van der Waals surface area contributed by atoms with E-state index in [1.165, 1.54) is 12.1 Å². The summed E-state index contributed by atoms with van der Waals surface area (Å²) < 4.78 is 20.9. The summed E-state index contributed by atoms with van der Waals surface area (Å²) in [6.07, 6.45) is 1.69. The van der Waals surface area contributed by atoms with Crippen molar-refractivity contribution in [3.8, 4) is 11.4 Å². The van der Waals surface area contributed by atoms with Crippen molar-refractivity contribution in [1.82, 2.24) is 14.5 Å². The highest BCUT2D eigenvalue weighted by Gasteiger charge is 2.13. The fraction of sp³-hybridized carbons (Fsp3) is 0.100. The van der Waals surface area contributed by atoms with Crippen LogP contribution in [0.5, 0.6) is 5.75 Å². The van der Waals surface area contributed by atoms with Crippen molar-refractivity contribution in [3.05, 3.63) is 66.6 Å². The van der Waals surface area contributed by atoms with Crippen LogP contribution in [0, 0.1) is 5.82 Å². The topological polar surface area (TPSA) is 64.0 Å². The lowest BCUT2D eigenvalue weighted by molar-refractivity contribution is 0.415. The molecule has 0 amide bonds. The lowest BCUT2D eigenvalue weighted by atomic mass is 10.3. The molecule has 0 radical (unpaired) electrons. The maximum absolute atomic E-state index is 13.7. The first kappa shape index (κ1) is 16.8. The van der Waals surface area contributed by atoms with E-state index in [0.717, 1.165) is 17.0 Å². The Morgan fingerprint density at radius 2 is 1.93 bits per heavy atom. The van der Waals surface area contributed by atoms with Gasteiger partial charge in [-0.3, -0.25) is 4.57 Å².